The van der Waals surface area contributed by atoms with Gasteiger partial charge < -0.3 is 9.67 Å². The minimum absolute atomic E-state index is 0.275. The quantitative estimate of drug-likeness (QED) is 0.847. The molecule has 1 heterocycles. The van der Waals surface area contributed by atoms with Crippen LogP contribution in [0.25, 0.3) is 10.9 Å². The highest BCUT2D eigenvalue weighted by atomic mass is 79.9. The summed E-state index contributed by atoms with van der Waals surface area (Å²) in [6.07, 6.45) is 4.49. The van der Waals surface area contributed by atoms with Gasteiger partial charge in [0.1, 0.15) is 0 Å². The van der Waals surface area contributed by atoms with Crippen molar-refractivity contribution in [2.24, 2.45) is 0 Å². The second-order valence-electron chi connectivity index (χ2n) is 4.80. The first kappa shape index (κ1) is 13.9. The van der Waals surface area contributed by atoms with Gasteiger partial charge in [0.15, 0.2) is 0 Å². The molecule has 0 unspecified atom stereocenters. The number of rotatable bonds is 4. The van der Waals surface area contributed by atoms with Gasteiger partial charge in [0.25, 0.3) is 0 Å². The van der Waals surface area contributed by atoms with E-state index in [2.05, 4.69) is 40.9 Å². The van der Waals surface area contributed by atoms with Crippen molar-refractivity contribution in [3.8, 4) is 0 Å². The Hall–Kier alpha value is -1.55. The number of benzene rings is 1. The second kappa shape index (κ2) is 5.21. The molecule has 0 aliphatic rings. The van der Waals surface area contributed by atoms with Crippen LogP contribution in [0.2, 0.25) is 0 Å². The van der Waals surface area contributed by atoms with Crippen LogP contribution in [0.4, 0.5) is 0 Å². The van der Waals surface area contributed by atoms with Crippen molar-refractivity contribution in [1.82, 2.24) is 4.57 Å². The molecular weight excluding hydrogens is 306 g/mol. The van der Waals surface area contributed by atoms with Gasteiger partial charge in [0.2, 0.25) is 0 Å². The zero-order chi connectivity index (χ0) is 14.2. The summed E-state index contributed by atoms with van der Waals surface area (Å²) in [6, 6.07) is 3.90. The lowest BCUT2D eigenvalue weighted by Gasteiger charge is -2.10. The highest BCUT2D eigenvalue weighted by molar-refractivity contribution is 9.10. The summed E-state index contributed by atoms with van der Waals surface area (Å²) < 4.78 is 2.88. The molecule has 0 atom stereocenters. The molecule has 1 aromatic carbocycles. The molecule has 1 N–H and O–H groups in total. The van der Waals surface area contributed by atoms with Crippen molar-refractivity contribution in [2.75, 3.05) is 0 Å². The number of nitrogens with zero attached hydrogens (tertiary/aromatic N) is 1. The van der Waals surface area contributed by atoms with Crippen LogP contribution in [-0.4, -0.2) is 15.6 Å². The molecule has 0 aliphatic heterocycles. The Morgan fingerprint density at radius 2 is 2.21 bits per heavy atom. The zero-order valence-corrected chi connectivity index (χ0v) is 12.6. The minimum atomic E-state index is -0.905. The van der Waals surface area contributed by atoms with E-state index in [1.54, 1.807) is 12.1 Å². The maximum Gasteiger partial charge on any atom is 0.336 e. The van der Waals surface area contributed by atoms with Crippen LogP contribution in [0.1, 0.15) is 35.8 Å². The molecule has 0 amide bonds. The predicted molar refractivity (Wildman–Crippen MR) is 80.9 cm³/mol. The summed E-state index contributed by atoms with van der Waals surface area (Å²) in [5, 5.41) is 10.2. The van der Waals surface area contributed by atoms with Crippen LogP contribution in [-0.2, 0) is 6.42 Å². The molecule has 3 nitrogen and oxygen atoms in total. The van der Waals surface area contributed by atoms with Crippen LogP contribution in [0.3, 0.4) is 0 Å². The van der Waals surface area contributed by atoms with Crippen LogP contribution >= 0.6 is 15.9 Å². The number of carboxylic acids is 1. The Kier molecular flexibility index (Phi) is 3.80. The lowest BCUT2D eigenvalue weighted by molar-refractivity contribution is 0.0699. The van der Waals surface area contributed by atoms with Gasteiger partial charge in [-0.15, -0.1) is 6.58 Å². The molecule has 0 aliphatic carbocycles. The molecule has 19 heavy (non-hydrogen) atoms. The number of hydrogen-bond donors (Lipinski definition) is 1. The standard InChI is InChI=1S/C15H16BrNO2/c1-4-5-10-8-17(9(2)3)13-7-11(16)6-12(14(10)13)15(18)19/h4,6-9H,1,5H2,2-3H3,(H,18,19). The summed E-state index contributed by atoms with van der Waals surface area (Å²) >= 11 is 3.39. The average molecular weight is 322 g/mol. The van der Waals surface area contributed by atoms with E-state index in [0.717, 1.165) is 20.9 Å². The van der Waals surface area contributed by atoms with E-state index in [9.17, 15) is 9.90 Å². The van der Waals surface area contributed by atoms with Crippen molar-refractivity contribution in [1.29, 1.82) is 0 Å². The van der Waals surface area contributed by atoms with Crippen molar-refractivity contribution in [3.63, 3.8) is 0 Å². The van der Waals surface area contributed by atoms with Gasteiger partial charge in [-0.25, -0.2) is 4.79 Å². The van der Waals surface area contributed by atoms with Crippen molar-refractivity contribution in [3.05, 3.63) is 46.6 Å². The average Bonchev–Trinajstić information content (AvgIpc) is 2.67. The molecule has 1 aromatic heterocycles. The van der Waals surface area contributed by atoms with Gasteiger partial charge in [-0.1, -0.05) is 22.0 Å². The Labute approximate surface area is 120 Å². The first-order valence-corrected chi connectivity index (χ1v) is 6.92. The molecule has 0 saturated carbocycles. The van der Waals surface area contributed by atoms with Gasteiger partial charge in [-0.3, -0.25) is 0 Å². The topological polar surface area (TPSA) is 42.2 Å². The van der Waals surface area contributed by atoms with Gasteiger partial charge in [-0.05, 0) is 38.0 Å². The van der Waals surface area contributed by atoms with E-state index in [-0.39, 0.29) is 6.04 Å². The Morgan fingerprint density at radius 1 is 1.53 bits per heavy atom. The smallest absolute Gasteiger partial charge is 0.336 e. The molecule has 2 aromatic rings. The first-order chi connectivity index (χ1) is 8.95. The minimum Gasteiger partial charge on any atom is -0.478 e. The number of aromatic carboxylic acids is 1. The van der Waals surface area contributed by atoms with Crippen LogP contribution < -0.4 is 0 Å². The predicted octanol–water partition coefficient (Wildman–Crippen LogP) is 4.41. The third-order valence-corrected chi connectivity index (χ3v) is 3.59. The Bertz CT molecular complexity index is 656. The molecule has 4 heteroatoms. The zero-order valence-electron chi connectivity index (χ0n) is 11.0. The number of carboxylic acid groups (broad SMARTS) is 1. The number of hydrogen-bond acceptors (Lipinski definition) is 1. The number of fused-ring (bicyclic) bond motifs is 1. The number of halogens is 1. The fourth-order valence-corrected chi connectivity index (χ4v) is 2.79. The maximum absolute atomic E-state index is 11.4. The summed E-state index contributed by atoms with van der Waals surface area (Å²) in [7, 11) is 0. The van der Waals surface area contributed by atoms with E-state index in [4.69, 9.17) is 0 Å². The molecule has 0 fully saturated rings. The normalized spacial score (nSPS) is 11.2. The maximum atomic E-state index is 11.4. The summed E-state index contributed by atoms with van der Waals surface area (Å²) in [6.45, 7) is 7.91. The Morgan fingerprint density at radius 3 is 2.74 bits per heavy atom. The van der Waals surface area contributed by atoms with Gasteiger partial charge in [0.05, 0.1) is 11.1 Å². The van der Waals surface area contributed by atoms with E-state index >= 15 is 0 Å². The molecule has 0 saturated heterocycles. The summed E-state index contributed by atoms with van der Waals surface area (Å²) in [5.41, 5.74) is 2.28. The summed E-state index contributed by atoms with van der Waals surface area (Å²) in [4.78, 5) is 11.4. The fraction of sp³-hybridized carbons (Fsp3) is 0.267. The van der Waals surface area contributed by atoms with Crippen LogP contribution in [0, 0.1) is 0 Å². The lowest BCUT2D eigenvalue weighted by Crippen LogP contribution is -2.01. The third-order valence-electron chi connectivity index (χ3n) is 3.13. The second-order valence-corrected chi connectivity index (χ2v) is 5.72. The molecule has 0 bridgehead atoms. The Balaban J connectivity index is 2.88. The van der Waals surface area contributed by atoms with Crippen LogP contribution in [0.15, 0.2) is 35.5 Å². The molecule has 0 spiro atoms. The SMILES string of the molecule is C=CCc1cn(C(C)C)c2cc(Br)cc(C(=O)O)c12. The largest absolute Gasteiger partial charge is 0.478 e. The molecule has 100 valence electrons. The monoisotopic (exact) mass is 321 g/mol. The highest BCUT2D eigenvalue weighted by Crippen LogP contribution is 2.31. The van der Waals surface area contributed by atoms with Crippen LogP contribution in [0.5, 0.6) is 0 Å². The van der Waals surface area contributed by atoms with Gasteiger partial charge in [0, 0.05) is 22.1 Å². The highest BCUT2D eigenvalue weighted by Gasteiger charge is 2.18. The molecule has 2 rings (SSSR count). The number of carbonyl (C=O) groups is 1. The van der Waals surface area contributed by atoms with E-state index < -0.39 is 5.97 Å². The fourth-order valence-electron chi connectivity index (χ4n) is 2.34. The molecular formula is C15H16BrNO2. The summed E-state index contributed by atoms with van der Waals surface area (Å²) in [5.74, 6) is -0.905. The van der Waals surface area contributed by atoms with E-state index in [0.29, 0.717) is 12.0 Å². The van der Waals surface area contributed by atoms with E-state index in [1.807, 2.05) is 12.3 Å². The molecule has 0 radical (unpaired) electrons. The van der Waals surface area contributed by atoms with Crippen molar-refractivity contribution < 1.29 is 9.90 Å². The lowest BCUT2D eigenvalue weighted by atomic mass is 10.0. The van der Waals surface area contributed by atoms with Crippen molar-refractivity contribution in [2.45, 2.75) is 26.3 Å². The van der Waals surface area contributed by atoms with Crippen molar-refractivity contribution >= 4 is 32.8 Å². The third kappa shape index (κ3) is 2.45. The first-order valence-electron chi connectivity index (χ1n) is 6.12. The van der Waals surface area contributed by atoms with Gasteiger partial charge in [-0.2, -0.15) is 0 Å². The number of allylic oxidation sites excluding steroid dienone is 1. The van der Waals surface area contributed by atoms with Gasteiger partial charge >= 0.3 is 5.97 Å². The number of aromatic nitrogens is 1. The van der Waals surface area contributed by atoms with E-state index in [1.165, 1.54) is 0 Å².